The number of likely N-dealkylation sites (tertiary alicyclic amines) is 1. The summed E-state index contributed by atoms with van der Waals surface area (Å²) in [5, 5.41) is 0. The Morgan fingerprint density at radius 1 is 1.15 bits per heavy atom. The molecule has 0 bridgehead atoms. The van der Waals surface area contributed by atoms with Gasteiger partial charge in [0, 0.05) is 51.4 Å². The van der Waals surface area contributed by atoms with Gasteiger partial charge in [-0.1, -0.05) is 12.1 Å². The van der Waals surface area contributed by atoms with Crippen LogP contribution in [0.15, 0.2) is 48.9 Å². The van der Waals surface area contributed by atoms with Gasteiger partial charge >= 0.3 is 0 Å². The first-order valence-corrected chi connectivity index (χ1v) is 10.1. The summed E-state index contributed by atoms with van der Waals surface area (Å²) < 4.78 is 12.2. The number of ether oxygens (including phenoxy) is 2. The maximum absolute atomic E-state index is 6.30. The van der Waals surface area contributed by atoms with Gasteiger partial charge in [-0.25, -0.2) is 0 Å². The Bertz CT molecular complexity index is 687. The highest BCUT2D eigenvalue weighted by molar-refractivity contribution is 5.07. The maximum atomic E-state index is 6.30. The smallest absolute Gasteiger partial charge is 0.0736 e. The van der Waals surface area contributed by atoms with Crippen molar-refractivity contribution in [2.24, 2.45) is 5.92 Å². The fraction of sp³-hybridized carbons (Fsp3) is 0.545. The molecule has 0 radical (unpaired) electrons. The average Bonchev–Trinajstić information content (AvgIpc) is 3.11. The molecule has 5 heteroatoms. The molecule has 1 spiro atoms. The minimum Gasteiger partial charge on any atom is -0.377 e. The molecule has 0 aliphatic carbocycles. The Kier molecular flexibility index (Phi) is 6.12. The van der Waals surface area contributed by atoms with Gasteiger partial charge in [0.1, 0.15) is 0 Å². The normalized spacial score (nSPS) is 22.3. The van der Waals surface area contributed by atoms with E-state index in [0.717, 1.165) is 69.8 Å². The Morgan fingerprint density at radius 2 is 2.07 bits per heavy atom. The molecule has 0 aromatic carbocycles. The van der Waals surface area contributed by atoms with Gasteiger partial charge in [0.25, 0.3) is 0 Å². The molecule has 0 unspecified atom stereocenters. The van der Waals surface area contributed by atoms with Crippen molar-refractivity contribution >= 4 is 0 Å². The van der Waals surface area contributed by atoms with Crippen LogP contribution in [0.3, 0.4) is 0 Å². The third-order valence-corrected chi connectivity index (χ3v) is 6.02. The highest BCUT2D eigenvalue weighted by Crippen LogP contribution is 2.42. The first-order valence-electron chi connectivity index (χ1n) is 10.1. The van der Waals surface area contributed by atoms with Gasteiger partial charge in [0.05, 0.1) is 17.9 Å². The molecule has 5 nitrogen and oxygen atoms in total. The molecule has 27 heavy (non-hydrogen) atoms. The lowest BCUT2D eigenvalue weighted by Gasteiger charge is -2.42. The zero-order chi connectivity index (χ0) is 18.4. The summed E-state index contributed by atoms with van der Waals surface area (Å²) in [6, 6.07) is 10.2. The third-order valence-electron chi connectivity index (χ3n) is 6.02. The van der Waals surface area contributed by atoms with Gasteiger partial charge in [0.2, 0.25) is 0 Å². The second-order valence-electron chi connectivity index (χ2n) is 7.70. The summed E-state index contributed by atoms with van der Waals surface area (Å²) in [5.74, 6) is 0.614. The zero-order valence-corrected chi connectivity index (χ0v) is 15.9. The number of rotatable bonds is 7. The van der Waals surface area contributed by atoms with E-state index >= 15 is 0 Å². The molecule has 2 aromatic heterocycles. The first kappa shape index (κ1) is 18.5. The average molecular weight is 367 g/mol. The molecule has 2 fully saturated rings. The van der Waals surface area contributed by atoms with Crippen molar-refractivity contribution in [1.82, 2.24) is 14.9 Å². The highest BCUT2D eigenvalue weighted by Gasteiger charge is 2.45. The number of hydrogen-bond donors (Lipinski definition) is 0. The highest BCUT2D eigenvalue weighted by atomic mass is 16.5. The van der Waals surface area contributed by atoms with E-state index in [1.807, 2.05) is 24.5 Å². The molecule has 4 heterocycles. The Morgan fingerprint density at radius 3 is 2.85 bits per heavy atom. The first-order chi connectivity index (χ1) is 13.3. The molecule has 2 aliphatic rings. The predicted octanol–water partition coefficient (Wildman–Crippen LogP) is 3.45. The van der Waals surface area contributed by atoms with Crippen LogP contribution in [0.4, 0.5) is 0 Å². The predicted molar refractivity (Wildman–Crippen MR) is 104 cm³/mol. The second-order valence-corrected chi connectivity index (χ2v) is 7.70. The van der Waals surface area contributed by atoms with Crippen molar-refractivity contribution < 1.29 is 9.47 Å². The summed E-state index contributed by atoms with van der Waals surface area (Å²) in [6.45, 7) is 5.45. The summed E-state index contributed by atoms with van der Waals surface area (Å²) in [4.78, 5) is 11.1. The van der Waals surface area contributed by atoms with Crippen LogP contribution < -0.4 is 0 Å². The van der Waals surface area contributed by atoms with Crippen LogP contribution in [-0.4, -0.2) is 46.8 Å². The van der Waals surface area contributed by atoms with Gasteiger partial charge in [0.15, 0.2) is 0 Å². The molecular formula is C22H29N3O2. The van der Waals surface area contributed by atoms with E-state index in [2.05, 4.69) is 33.1 Å². The standard InChI is InChI=1S/C22H29N3O2/c1-2-11-24-21(5-1)17-25-12-8-22(9-13-25)20(7-15-27-22)6-14-26-18-19-4-3-10-23-16-19/h1-5,10-11,16,20H,6-9,12-15,17-18H2/t20-/m1/s1. The number of piperidine rings is 1. The van der Waals surface area contributed by atoms with Crippen molar-refractivity contribution in [3.63, 3.8) is 0 Å². The fourth-order valence-electron chi connectivity index (χ4n) is 4.45. The summed E-state index contributed by atoms with van der Waals surface area (Å²) in [6.07, 6.45) is 10.0. The lowest BCUT2D eigenvalue weighted by atomic mass is 9.78. The van der Waals surface area contributed by atoms with E-state index < -0.39 is 0 Å². The largest absolute Gasteiger partial charge is 0.377 e. The molecule has 4 rings (SSSR count). The molecule has 2 saturated heterocycles. The second kappa shape index (κ2) is 8.91. The van der Waals surface area contributed by atoms with E-state index in [-0.39, 0.29) is 5.60 Å². The van der Waals surface area contributed by atoms with Crippen LogP contribution in [0.25, 0.3) is 0 Å². The Labute approximate surface area is 161 Å². The van der Waals surface area contributed by atoms with Crippen LogP contribution in [0.5, 0.6) is 0 Å². The van der Waals surface area contributed by atoms with Gasteiger partial charge in [-0.3, -0.25) is 14.9 Å². The molecule has 0 amide bonds. The van der Waals surface area contributed by atoms with Crippen LogP contribution in [0.1, 0.15) is 36.9 Å². The molecule has 2 aromatic rings. The molecule has 144 valence electrons. The topological polar surface area (TPSA) is 47.5 Å². The van der Waals surface area contributed by atoms with Crippen molar-refractivity contribution in [3.05, 3.63) is 60.2 Å². The fourth-order valence-corrected chi connectivity index (χ4v) is 4.45. The minimum atomic E-state index is 0.0677. The van der Waals surface area contributed by atoms with Crippen LogP contribution in [-0.2, 0) is 22.6 Å². The number of aromatic nitrogens is 2. The monoisotopic (exact) mass is 367 g/mol. The van der Waals surface area contributed by atoms with E-state index in [1.165, 1.54) is 0 Å². The van der Waals surface area contributed by atoms with Crippen molar-refractivity contribution in [2.45, 2.75) is 44.4 Å². The van der Waals surface area contributed by atoms with Crippen LogP contribution in [0, 0.1) is 5.92 Å². The van der Waals surface area contributed by atoms with E-state index in [0.29, 0.717) is 12.5 Å². The van der Waals surface area contributed by atoms with Crippen molar-refractivity contribution in [1.29, 1.82) is 0 Å². The molecule has 1 atom stereocenters. The maximum Gasteiger partial charge on any atom is 0.0736 e. The number of pyridine rings is 2. The van der Waals surface area contributed by atoms with Crippen LogP contribution in [0.2, 0.25) is 0 Å². The molecular weight excluding hydrogens is 338 g/mol. The Balaban J connectivity index is 1.23. The molecule has 2 aliphatic heterocycles. The van der Waals surface area contributed by atoms with Gasteiger partial charge in [-0.2, -0.15) is 0 Å². The summed E-state index contributed by atoms with van der Waals surface area (Å²) in [5.41, 5.74) is 2.36. The summed E-state index contributed by atoms with van der Waals surface area (Å²) >= 11 is 0. The van der Waals surface area contributed by atoms with Crippen LogP contribution >= 0.6 is 0 Å². The van der Waals surface area contributed by atoms with Gasteiger partial charge in [-0.15, -0.1) is 0 Å². The zero-order valence-electron chi connectivity index (χ0n) is 15.9. The van der Waals surface area contributed by atoms with Gasteiger partial charge < -0.3 is 9.47 Å². The lowest BCUT2D eigenvalue weighted by molar-refractivity contribution is -0.0735. The van der Waals surface area contributed by atoms with E-state index in [4.69, 9.17) is 9.47 Å². The minimum absolute atomic E-state index is 0.0677. The van der Waals surface area contributed by atoms with Gasteiger partial charge in [-0.05, 0) is 55.4 Å². The quantitative estimate of drug-likeness (QED) is 0.702. The van der Waals surface area contributed by atoms with E-state index in [9.17, 15) is 0 Å². The van der Waals surface area contributed by atoms with Crippen molar-refractivity contribution in [3.8, 4) is 0 Å². The SMILES string of the molecule is c1ccc(CN2CCC3(CC2)OCC[C@H]3CCOCc2cccnc2)nc1. The number of nitrogens with zero attached hydrogens (tertiary/aromatic N) is 3. The summed E-state index contributed by atoms with van der Waals surface area (Å²) in [7, 11) is 0. The lowest BCUT2D eigenvalue weighted by Crippen LogP contribution is -2.47. The number of hydrogen-bond acceptors (Lipinski definition) is 5. The third kappa shape index (κ3) is 4.72. The Hall–Kier alpha value is -1.82. The van der Waals surface area contributed by atoms with E-state index in [1.54, 1.807) is 6.20 Å². The molecule has 0 saturated carbocycles. The molecule has 0 N–H and O–H groups in total. The van der Waals surface area contributed by atoms with Crippen molar-refractivity contribution in [2.75, 3.05) is 26.3 Å².